The van der Waals surface area contributed by atoms with Gasteiger partial charge in [-0.15, -0.1) is 11.8 Å². The van der Waals surface area contributed by atoms with Crippen LogP contribution in [0.5, 0.6) is 0 Å². The van der Waals surface area contributed by atoms with Crippen LogP contribution < -0.4 is 10.6 Å². The van der Waals surface area contributed by atoms with Gasteiger partial charge in [0.25, 0.3) is 0 Å². The molecule has 18 heavy (non-hydrogen) atoms. The molecule has 0 saturated heterocycles. The number of nitrogens with zero attached hydrogens (tertiary/aromatic N) is 1. The lowest BCUT2D eigenvalue weighted by Gasteiger charge is -2.14. The molecule has 0 bridgehead atoms. The molecule has 1 amide bonds. The van der Waals surface area contributed by atoms with Crippen LogP contribution >= 0.6 is 11.8 Å². The lowest BCUT2D eigenvalue weighted by Crippen LogP contribution is -2.25. The van der Waals surface area contributed by atoms with Gasteiger partial charge in [-0.05, 0) is 55.3 Å². The molecular weight excluding hydrogens is 244 g/mol. The third kappa shape index (κ3) is 3.06. The van der Waals surface area contributed by atoms with E-state index >= 15 is 0 Å². The van der Waals surface area contributed by atoms with E-state index in [4.69, 9.17) is 5.73 Å². The second-order valence-electron chi connectivity index (χ2n) is 4.56. The van der Waals surface area contributed by atoms with Gasteiger partial charge >= 0.3 is 0 Å². The van der Waals surface area contributed by atoms with E-state index in [0.29, 0.717) is 0 Å². The maximum Gasteiger partial charge on any atom is 0.223 e. The number of hydrogen-bond acceptors (Lipinski definition) is 3. The highest BCUT2D eigenvalue weighted by atomic mass is 32.2. The van der Waals surface area contributed by atoms with E-state index < -0.39 is 0 Å². The van der Waals surface area contributed by atoms with Crippen molar-refractivity contribution in [1.29, 1.82) is 0 Å². The van der Waals surface area contributed by atoms with Crippen molar-refractivity contribution in [1.82, 2.24) is 0 Å². The average molecular weight is 264 g/mol. The first-order valence-corrected chi connectivity index (χ1v) is 7.45. The first-order chi connectivity index (χ1) is 8.72. The number of thioether (sulfide) groups is 1. The molecule has 0 aliphatic carbocycles. The highest BCUT2D eigenvalue weighted by Gasteiger charge is 2.21. The lowest BCUT2D eigenvalue weighted by molar-refractivity contribution is -0.116. The molecule has 0 radical (unpaired) electrons. The molecule has 4 heteroatoms. The summed E-state index contributed by atoms with van der Waals surface area (Å²) >= 11 is 1.88. The lowest BCUT2D eigenvalue weighted by atomic mass is 10.2. The topological polar surface area (TPSA) is 46.3 Å². The Labute approximate surface area is 113 Å². The van der Waals surface area contributed by atoms with Crippen molar-refractivity contribution in [2.24, 2.45) is 5.73 Å². The summed E-state index contributed by atoms with van der Waals surface area (Å²) in [7, 11) is 0. The Hall–Kier alpha value is -1.00. The van der Waals surface area contributed by atoms with Crippen molar-refractivity contribution in [3.05, 3.63) is 23.8 Å². The quantitative estimate of drug-likeness (QED) is 0.656. The molecule has 1 aromatic rings. The number of anilines is 1. The Kier molecular flexibility index (Phi) is 4.66. The minimum absolute atomic E-state index is 0.136. The molecular formula is C14H20N2OS. The van der Waals surface area contributed by atoms with Gasteiger partial charge < -0.3 is 10.6 Å². The number of fused-ring (bicyclic) bond motifs is 1. The van der Waals surface area contributed by atoms with Gasteiger partial charge in [0.05, 0.1) is 0 Å². The summed E-state index contributed by atoms with van der Waals surface area (Å²) in [6.45, 7) is 3.23. The molecule has 0 unspecified atom stereocenters. The first kappa shape index (κ1) is 13.4. The summed E-state index contributed by atoms with van der Waals surface area (Å²) in [6, 6.07) is 6.42. The molecule has 1 heterocycles. The van der Waals surface area contributed by atoms with Crippen molar-refractivity contribution in [3.63, 3.8) is 0 Å². The molecule has 0 fully saturated rings. The first-order valence-electron chi connectivity index (χ1n) is 6.46. The van der Waals surface area contributed by atoms with Gasteiger partial charge in [0.15, 0.2) is 0 Å². The number of unbranched alkanes of at least 4 members (excludes halogenated alkanes) is 1. The third-order valence-corrected chi connectivity index (χ3v) is 4.27. The Balaban J connectivity index is 1.99. The smallest absolute Gasteiger partial charge is 0.223 e. The van der Waals surface area contributed by atoms with Crippen molar-refractivity contribution in [2.45, 2.75) is 31.1 Å². The van der Waals surface area contributed by atoms with E-state index in [2.05, 4.69) is 18.2 Å². The van der Waals surface area contributed by atoms with Gasteiger partial charge in [0.2, 0.25) is 5.91 Å². The van der Waals surface area contributed by atoms with Crippen molar-refractivity contribution in [3.8, 4) is 0 Å². The molecule has 1 aliphatic heterocycles. The Bertz CT molecular complexity index is 434. The Morgan fingerprint density at radius 2 is 2.28 bits per heavy atom. The Morgan fingerprint density at radius 3 is 3.00 bits per heavy atom. The molecule has 0 aromatic heterocycles. The van der Waals surface area contributed by atoms with Crippen LogP contribution in [-0.4, -0.2) is 24.7 Å². The SMILES string of the molecule is CC(=O)N1CCc2cc(SCCCCN)ccc21. The van der Waals surface area contributed by atoms with Crippen molar-refractivity contribution < 1.29 is 4.79 Å². The predicted molar refractivity (Wildman–Crippen MR) is 77.2 cm³/mol. The fraction of sp³-hybridized carbons (Fsp3) is 0.500. The van der Waals surface area contributed by atoms with Gasteiger partial charge in [-0.1, -0.05) is 0 Å². The van der Waals surface area contributed by atoms with Crippen LogP contribution in [0.4, 0.5) is 5.69 Å². The fourth-order valence-electron chi connectivity index (χ4n) is 2.23. The molecule has 0 saturated carbocycles. The van der Waals surface area contributed by atoms with Crippen LogP contribution in [0.3, 0.4) is 0 Å². The highest BCUT2D eigenvalue weighted by Crippen LogP contribution is 2.32. The summed E-state index contributed by atoms with van der Waals surface area (Å²) < 4.78 is 0. The fourth-order valence-corrected chi connectivity index (χ4v) is 3.21. The number of carbonyl (C=O) groups excluding carboxylic acids is 1. The van der Waals surface area contributed by atoms with Crippen LogP contribution in [0.15, 0.2) is 23.1 Å². The summed E-state index contributed by atoms with van der Waals surface area (Å²) in [5.74, 6) is 1.25. The van der Waals surface area contributed by atoms with E-state index in [1.54, 1.807) is 6.92 Å². The average Bonchev–Trinajstić information content (AvgIpc) is 2.77. The normalized spacial score (nSPS) is 13.8. The number of hydrogen-bond donors (Lipinski definition) is 1. The number of benzene rings is 1. The number of nitrogens with two attached hydrogens (primary N) is 1. The summed E-state index contributed by atoms with van der Waals surface area (Å²) in [4.78, 5) is 14.6. The van der Waals surface area contributed by atoms with E-state index in [9.17, 15) is 4.79 Å². The van der Waals surface area contributed by atoms with E-state index in [0.717, 1.165) is 43.8 Å². The van der Waals surface area contributed by atoms with Gasteiger partial charge in [-0.2, -0.15) is 0 Å². The zero-order valence-electron chi connectivity index (χ0n) is 10.8. The maximum absolute atomic E-state index is 11.4. The molecule has 0 atom stereocenters. The van der Waals surface area contributed by atoms with E-state index in [1.807, 2.05) is 16.7 Å². The van der Waals surface area contributed by atoms with Gasteiger partial charge in [0, 0.05) is 24.1 Å². The van der Waals surface area contributed by atoms with Crippen LogP contribution in [-0.2, 0) is 11.2 Å². The zero-order chi connectivity index (χ0) is 13.0. The van der Waals surface area contributed by atoms with Gasteiger partial charge in [-0.3, -0.25) is 4.79 Å². The monoisotopic (exact) mass is 264 g/mol. The van der Waals surface area contributed by atoms with Crippen LogP contribution in [0.25, 0.3) is 0 Å². The molecule has 2 rings (SSSR count). The number of carbonyl (C=O) groups is 1. The second-order valence-corrected chi connectivity index (χ2v) is 5.72. The predicted octanol–water partition coefficient (Wildman–Crippen LogP) is 2.43. The summed E-state index contributed by atoms with van der Waals surface area (Å²) in [6.07, 6.45) is 3.24. The van der Waals surface area contributed by atoms with Crippen molar-refractivity contribution in [2.75, 3.05) is 23.7 Å². The van der Waals surface area contributed by atoms with Crippen LogP contribution in [0, 0.1) is 0 Å². The summed E-state index contributed by atoms with van der Waals surface area (Å²) in [5, 5.41) is 0. The van der Waals surface area contributed by atoms with E-state index in [1.165, 1.54) is 10.5 Å². The largest absolute Gasteiger partial charge is 0.330 e. The minimum Gasteiger partial charge on any atom is -0.330 e. The highest BCUT2D eigenvalue weighted by molar-refractivity contribution is 7.99. The zero-order valence-corrected chi connectivity index (χ0v) is 11.6. The second kappa shape index (κ2) is 6.25. The van der Waals surface area contributed by atoms with Crippen LogP contribution in [0.2, 0.25) is 0 Å². The number of amides is 1. The van der Waals surface area contributed by atoms with Crippen LogP contribution in [0.1, 0.15) is 25.3 Å². The standard InChI is InChI=1S/C14H20N2OS/c1-11(17)16-8-6-12-10-13(4-5-14(12)16)18-9-3-2-7-15/h4-5,10H,2-3,6-9,15H2,1H3. The van der Waals surface area contributed by atoms with E-state index in [-0.39, 0.29) is 5.91 Å². The minimum atomic E-state index is 0.136. The van der Waals surface area contributed by atoms with Crippen molar-refractivity contribution >= 4 is 23.4 Å². The molecule has 3 nitrogen and oxygen atoms in total. The molecule has 98 valence electrons. The number of rotatable bonds is 5. The molecule has 1 aromatic carbocycles. The molecule has 1 aliphatic rings. The van der Waals surface area contributed by atoms with Gasteiger partial charge in [0.1, 0.15) is 0 Å². The maximum atomic E-state index is 11.4. The third-order valence-electron chi connectivity index (χ3n) is 3.19. The van der Waals surface area contributed by atoms with Gasteiger partial charge in [-0.25, -0.2) is 0 Å². The summed E-state index contributed by atoms with van der Waals surface area (Å²) in [5.41, 5.74) is 7.87. The Morgan fingerprint density at radius 1 is 1.44 bits per heavy atom. The molecule has 2 N–H and O–H groups in total. The molecule has 0 spiro atoms.